The van der Waals surface area contributed by atoms with Crippen molar-refractivity contribution >= 4 is 11.8 Å². The second kappa shape index (κ2) is 4.99. The lowest BCUT2D eigenvalue weighted by molar-refractivity contribution is 0.251. The lowest BCUT2D eigenvalue weighted by atomic mass is 10.2. The second-order valence-corrected chi connectivity index (χ2v) is 5.41. The van der Waals surface area contributed by atoms with Crippen molar-refractivity contribution in [1.82, 2.24) is 9.88 Å². The fourth-order valence-electron chi connectivity index (χ4n) is 1.85. The van der Waals surface area contributed by atoms with Crippen LogP contribution in [0.3, 0.4) is 0 Å². The monoisotopic (exact) mass is 222 g/mol. The van der Waals surface area contributed by atoms with Gasteiger partial charge in [-0.15, -0.1) is 0 Å². The molecule has 1 fully saturated rings. The highest BCUT2D eigenvalue weighted by atomic mass is 32.2. The summed E-state index contributed by atoms with van der Waals surface area (Å²) in [5, 5.41) is 0. The molecule has 1 aliphatic rings. The Morgan fingerprint density at radius 3 is 3.00 bits per heavy atom. The molecule has 2 rings (SSSR count). The molecule has 0 amide bonds. The molecule has 1 atom stereocenters. The van der Waals surface area contributed by atoms with Crippen molar-refractivity contribution in [3.05, 3.63) is 29.6 Å². The minimum absolute atomic E-state index is 0.748. The predicted octanol–water partition coefficient (Wildman–Crippen LogP) is 2.33. The first kappa shape index (κ1) is 11.0. The van der Waals surface area contributed by atoms with E-state index in [0.717, 1.165) is 12.6 Å². The molecule has 0 unspecified atom stereocenters. The van der Waals surface area contributed by atoms with Gasteiger partial charge in [0.25, 0.3) is 0 Å². The summed E-state index contributed by atoms with van der Waals surface area (Å²) in [7, 11) is 2.21. The van der Waals surface area contributed by atoms with Crippen molar-refractivity contribution in [3.63, 3.8) is 0 Å². The van der Waals surface area contributed by atoms with Gasteiger partial charge in [-0.25, -0.2) is 0 Å². The Labute approximate surface area is 96.1 Å². The molecule has 0 aliphatic carbocycles. The smallest absolute Gasteiger partial charge is 0.0544 e. The first-order chi connectivity index (χ1) is 7.25. The maximum absolute atomic E-state index is 4.44. The first-order valence-electron chi connectivity index (χ1n) is 5.45. The van der Waals surface area contributed by atoms with Crippen LogP contribution in [0.25, 0.3) is 0 Å². The van der Waals surface area contributed by atoms with E-state index in [1.54, 1.807) is 0 Å². The van der Waals surface area contributed by atoms with Crippen molar-refractivity contribution in [2.45, 2.75) is 25.9 Å². The van der Waals surface area contributed by atoms with Gasteiger partial charge in [-0.3, -0.25) is 9.88 Å². The van der Waals surface area contributed by atoms with Crippen LogP contribution in [0, 0.1) is 6.92 Å². The van der Waals surface area contributed by atoms with E-state index in [4.69, 9.17) is 0 Å². The number of aromatic nitrogens is 1. The highest BCUT2D eigenvalue weighted by Gasteiger charge is 2.19. The number of thioether (sulfide) groups is 1. The first-order valence-corrected chi connectivity index (χ1v) is 6.60. The average Bonchev–Trinajstić information content (AvgIpc) is 2.74. The summed E-state index contributed by atoms with van der Waals surface area (Å²) in [4.78, 5) is 6.87. The van der Waals surface area contributed by atoms with Crippen molar-refractivity contribution < 1.29 is 0 Å². The molecule has 3 heteroatoms. The molecule has 0 N–H and O–H groups in total. The van der Waals surface area contributed by atoms with Gasteiger partial charge in [0.05, 0.1) is 5.69 Å². The van der Waals surface area contributed by atoms with Crippen LogP contribution in [0.5, 0.6) is 0 Å². The maximum Gasteiger partial charge on any atom is 0.0544 e. The zero-order valence-electron chi connectivity index (χ0n) is 9.44. The van der Waals surface area contributed by atoms with E-state index in [1.165, 1.54) is 29.2 Å². The largest absolute Gasteiger partial charge is 0.297 e. The van der Waals surface area contributed by atoms with Gasteiger partial charge < -0.3 is 0 Å². The Morgan fingerprint density at radius 1 is 1.53 bits per heavy atom. The summed E-state index contributed by atoms with van der Waals surface area (Å²) in [5.74, 6) is 2.60. The molecule has 2 nitrogen and oxygen atoms in total. The predicted molar refractivity (Wildman–Crippen MR) is 66.2 cm³/mol. The van der Waals surface area contributed by atoms with Crippen LogP contribution >= 0.6 is 11.8 Å². The number of hydrogen-bond donors (Lipinski definition) is 0. The molecule has 1 aliphatic heterocycles. The SMILES string of the molecule is Cc1ccc(CN(C)[C@@H]2CCSC2)nc1. The minimum Gasteiger partial charge on any atom is -0.297 e. The Kier molecular flexibility index (Phi) is 3.65. The second-order valence-electron chi connectivity index (χ2n) is 4.26. The van der Waals surface area contributed by atoms with Gasteiger partial charge in [-0.2, -0.15) is 11.8 Å². The molecular weight excluding hydrogens is 204 g/mol. The third kappa shape index (κ3) is 2.95. The Hall–Kier alpha value is -0.540. The number of rotatable bonds is 3. The highest BCUT2D eigenvalue weighted by molar-refractivity contribution is 7.99. The van der Waals surface area contributed by atoms with Crippen LogP contribution in [0.2, 0.25) is 0 Å². The average molecular weight is 222 g/mol. The van der Waals surface area contributed by atoms with Gasteiger partial charge in [0.15, 0.2) is 0 Å². The molecule has 82 valence electrons. The fourth-order valence-corrected chi connectivity index (χ4v) is 3.14. The van der Waals surface area contributed by atoms with Crippen molar-refractivity contribution in [1.29, 1.82) is 0 Å². The third-order valence-electron chi connectivity index (χ3n) is 2.91. The van der Waals surface area contributed by atoms with Crippen LogP contribution < -0.4 is 0 Å². The van der Waals surface area contributed by atoms with Gasteiger partial charge in [0, 0.05) is 24.5 Å². The Balaban J connectivity index is 1.92. The van der Waals surface area contributed by atoms with Crippen molar-refractivity contribution in [2.24, 2.45) is 0 Å². The van der Waals surface area contributed by atoms with Gasteiger partial charge in [0.2, 0.25) is 0 Å². The molecule has 0 spiro atoms. The van der Waals surface area contributed by atoms with Gasteiger partial charge in [-0.05, 0) is 37.8 Å². The van der Waals surface area contributed by atoms with Gasteiger partial charge >= 0.3 is 0 Å². The molecule has 1 aromatic rings. The molecular formula is C12H18N2S. The molecule has 0 aromatic carbocycles. The lowest BCUT2D eigenvalue weighted by Crippen LogP contribution is -2.31. The lowest BCUT2D eigenvalue weighted by Gasteiger charge is -2.22. The van der Waals surface area contributed by atoms with E-state index in [0.29, 0.717) is 0 Å². The van der Waals surface area contributed by atoms with Gasteiger partial charge in [0.1, 0.15) is 0 Å². The van der Waals surface area contributed by atoms with Crippen LogP contribution in [0.1, 0.15) is 17.7 Å². The van der Waals surface area contributed by atoms with E-state index < -0.39 is 0 Å². The summed E-state index contributed by atoms with van der Waals surface area (Å²) < 4.78 is 0. The zero-order chi connectivity index (χ0) is 10.7. The number of pyridine rings is 1. The molecule has 0 radical (unpaired) electrons. The molecule has 2 heterocycles. The van der Waals surface area contributed by atoms with E-state index in [2.05, 4.69) is 47.7 Å². The van der Waals surface area contributed by atoms with Crippen LogP contribution in [0.15, 0.2) is 18.3 Å². The highest BCUT2D eigenvalue weighted by Crippen LogP contribution is 2.22. The van der Waals surface area contributed by atoms with Crippen LogP contribution in [-0.2, 0) is 6.54 Å². The minimum atomic E-state index is 0.748. The zero-order valence-corrected chi connectivity index (χ0v) is 10.3. The summed E-state index contributed by atoms with van der Waals surface area (Å²) in [6.07, 6.45) is 3.28. The maximum atomic E-state index is 4.44. The summed E-state index contributed by atoms with van der Waals surface area (Å²) in [6.45, 7) is 3.06. The molecule has 15 heavy (non-hydrogen) atoms. The van der Waals surface area contributed by atoms with E-state index in [9.17, 15) is 0 Å². The molecule has 0 saturated carbocycles. The van der Waals surface area contributed by atoms with Crippen molar-refractivity contribution in [2.75, 3.05) is 18.6 Å². The van der Waals surface area contributed by atoms with Crippen LogP contribution in [-0.4, -0.2) is 34.5 Å². The third-order valence-corrected chi connectivity index (χ3v) is 4.06. The quantitative estimate of drug-likeness (QED) is 0.781. The van der Waals surface area contributed by atoms with E-state index in [-0.39, 0.29) is 0 Å². The topological polar surface area (TPSA) is 16.1 Å². The van der Waals surface area contributed by atoms with E-state index >= 15 is 0 Å². The standard InChI is InChI=1S/C12H18N2S/c1-10-3-4-11(13-7-10)8-14(2)12-5-6-15-9-12/h3-4,7,12H,5-6,8-9H2,1-2H3/t12-/m1/s1. The number of nitrogens with zero attached hydrogens (tertiary/aromatic N) is 2. The summed E-state index contributed by atoms with van der Waals surface area (Å²) in [6, 6.07) is 5.02. The van der Waals surface area contributed by atoms with Crippen molar-refractivity contribution in [3.8, 4) is 0 Å². The summed E-state index contributed by atoms with van der Waals surface area (Å²) >= 11 is 2.06. The van der Waals surface area contributed by atoms with Gasteiger partial charge in [-0.1, -0.05) is 6.07 Å². The van der Waals surface area contributed by atoms with Crippen LogP contribution in [0.4, 0.5) is 0 Å². The number of aryl methyl sites for hydroxylation is 1. The fraction of sp³-hybridized carbons (Fsp3) is 0.583. The Morgan fingerprint density at radius 2 is 2.40 bits per heavy atom. The Bertz CT molecular complexity index is 304. The normalized spacial score (nSPS) is 21.1. The molecule has 1 aromatic heterocycles. The van der Waals surface area contributed by atoms with E-state index in [1.807, 2.05) is 6.20 Å². The molecule has 1 saturated heterocycles. The number of hydrogen-bond acceptors (Lipinski definition) is 3. The molecule has 0 bridgehead atoms. The summed E-state index contributed by atoms with van der Waals surface area (Å²) in [5.41, 5.74) is 2.41.